The molecule has 0 aliphatic carbocycles. The van der Waals surface area contributed by atoms with Gasteiger partial charge in [-0.05, 0) is 82.9 Å². The number of nitrogens with one attached hydrogen (secondary N) is 1. The maximum atomic E-state index is 13.9. The SMILES string of the molecule is Cc1cc(C)c2cc(C(c3nnnn3Cc3ccco3)N(Cc3cccnc3)Cc3ccccc3Cl)c(=O)[nH]c2c1. The zero-order valence-corrected chi connectivity index (χ0v) is 23.4. The molecule has 2 aromatic carbocycles. The van der Waals surface area contributed by atoms with Gasteiger partial charge in [-0.2, -0.15) is 0 Å². The number of benzene rings is 2. The van der Waals surface area contributed by atoms with Crippen LogP contribution in [0.5, 0.6) is 0 Å². The number of hydrogen-bond acceptors (Lipinski definition) is 7. The number of tetrazole rings is 1. The van der Waals surface area contributed by atoms with Crippen LogP contribution < -0.4 is 5.56 Å². The van der Waals surface area contributed by atoms with Crippen LogP contribution in [0.25, 0.3) is 10.9 Å². The maximum absolute atomic E-state index is 13.9. The molecule has 41 heavy (non-hydrogen) atoms. The minimum atomic E-state index is -0.634. The number of aryl methyl sites for hydroxylation is 2. The molecule has 0 fully saturated rings. The summed E-state index contributed by atoms with van der Waals surface area (Å²) >= 11 is 6.65. The molecule has 1 unspecified atom stereocenters. The van der Waals surface area contributed by atoms with Gasteiger partial charge >= 0.3 is 0 Å². The summed E-state index contributed by atoms with van der Waals surface area (Å²) in [5.74, 6) is 1.20. The van der Waals surface area contributed by atoms with E-state index in [0.29, 0.717) is 41.8 Å². The summed E-state index contributed by atoms with van der Waals surface area (Å²) in [5, 5.41) is 14.4. The van der Waals surface area contributed by atoms with Crippen LogP contribution in [0.15, 0.2) is 94.6 Å². The van der Waals surface area contributed by atoms with Crippen LogP contribution >= 0.6 is 11.6 Å². The second kappa shape index (κ2) is 11.5. The minimum Gasteiger partial charge on any atom is -0.467 e. The molecule has 0 spiro atoms. The van der Waals surface area contributed by atoms with Gasteiger partial charge in [0.1, 0.15) is 18.3 Å². The number of aromatic nitrogens is 6. The van der Waals surface area contributed by atoms with Crippen LogP contribution in [0, 0.1) is 13.8 Å². The van der Waals surface area contributed by atoms with Crippen molar-refractivity contribution in [3.8, 4) is 0 Å². The number of halogens is 1. The molecule has 4 heterocycles. The van der Waals surface area contributed by atoms with Crippen LogP contribution in [0.4, 0.5) is 0 Å². The highest BCUT2D eigenvalue weighted by Crippen LogP contribution is 2.32. The summed E-state index contributed by atoms with van der Waals surface area (Å²) in [6, 6.07) is 20.7. The lowest BCUT2D eigenvalue weighted by molar-refractivity contribution is 0.193. The van der Waals surface area contributed by atoms with Crippen LogP contribution in [0.3, 0.4) is 0 Å². The lowest BCUT2D eigenvalue weighted by atomic mass is 9.99. The molecule has 206 valence electrons. The molecular weight excluding hydrogens is 538 g/mol. The van der Waals surface area contributed by atoms with E-state index in [1.54, 1.807) is 17.1 Å². The van der Waals surface area contributed by atoms with Crippen LogP contribution in [0.1, 0.15) is 45.4 Å². The van der Waals surface area contributed by atoms with Crippen molar-refractivity contribution < 1.29 is 4.42 Å². The Labute approximate surface area is 241 Å². The van der Waals surface area contributed by atoms with Gasteiger partial charge in [0.05, 0.1) is 6.26 Å². The standard InChI is InChI=1S/C31H28ClN7O2/c1-20-13-21(2)25-15-26(31(40)34-28(25)14-20)29(30-35-36-37-39(30)19-24-9-6-12-41-24)38(17-22-7-5-11-33-16-22)18-23-8-3-4-10-27(23)32/h3-16,29H,17-19H2,1-2H3,(H,34,40). The minimum absolute atomic E-state index is 0.213. The molecule has 0 aliphatic rings. The Bertz CT molecular complexity index is 1850. The van der Waals surface area contributed by atoms with Gasteiger partial charge in [-0.15, -0.1) is 5.10 Å². The Morgan fingerprint density at radius 3 is 2.71 bits per heavy atom. The second-order valence-corrected chi connectivity index (χ2v) is 10.5. The zero-order chi connectivity index (χ0) is 28.3. The molecule has 1 N–H and O–H groups in total. The zero-order valence-electron chi connectivity index (χ0n) is 22.7. The average Bonchev–Trinajstić information content (AvgIpc) is 3.64. The number of fused-ring (bicyclic) bond motifs is 1. The van der Waals surface area contributed by atoms with Gasteiger partial charge in [0.2, 0.25) is 0 Å². The third-order valence-corrected chi connectivity index (χ3v) is 7.50. The molecule has 0 amide bonds. The van der Waals surface area contributed by atoms with E-state index in [4.69, 9.17) is 16.0 Å². The molecule has 1 atom stereocenters. The summed E-state index contributed by atoms with van der Waals surface area (Å²) in [6.45, 7) is 5.26. The van der Waals surface area contributed by atoms with Gasteiger partial charge in [0.25, 0.3) is 5.56 Å². The monoisotopic (exact) mass is 565 g/mol. The highest BCUT2D eigenvalue weighted by molar-refractivity contribution is 6.31. The Hall–Kier alpha value is -4.60. The third kappa shape index (κ3) is 5.68. The summed E-state index contributed by atoms with van der Waals surface area (Å²) in [5.41, 5.74) is 5.13. The first kappa shape index (κ1) is 26.6. The Kier molecular flexibility index (Phi) is 7.45. The highest BCUT2D eigenvalue weighted by Gasteiger charge is 2.31. The fraction of sp³-hybridized carbons (Fsp3) is 0.194. The lowest BCUT2D eigenvalue weighted by Gasteiger charge is -2.31. The van der Waals surface area contributed by atoms with Crippen molar-refractivity contribution in [1.82, 2.24) is 35.1 Å². The summed E-state index contributed by atoms with van der Waals surface area (Å²) in [4.78, 5) is 23.5. The summed E-state index contributed by atoms with van der Waals surface area (Å²) in [7, 11) is 0. The smallest absolute Gasteiger partial charge is 0.253 e. The molecular formula is C31H28ClN7O2. The first-order chi connectivity index (χ1) is 20.0. The Balaban J connectivity index is 1.56. The number of hydrogen-bond donors (Lipinski definition) is 1. The quantitative estimate of drug-likeness (QED) is 0.243. The van der Waals surface area contributed by atoms with Crippen molar-refractivity contribution >= 4 is 22.5 Å². The molecule has 0 saturated heterocycles. The Morgan fingerprint density at radius 1 is 1.05 bits per heavy atom. The van der Waals surface area contributed by atoms with Crippen LogP contribution in [-0.4, -0.2) is 35.1 Å². The van der Waals surface area contributed by atoms with Gasteiger partial charge < -0.3 is 9.40 Å². The van der Waals surface area contributed by atoms with E-state index in [-0.39, 0.29) is 5.56 Å². The van der Waals surface area contributed by atoms with Crippen molar-refractivity contribution in [2.45, 2.75) is 39.5 Å². The highest BCUT2D eigenvalue weighted by atomic mass is 35.5. The third-order valence-electron chi connectivity index (χ3n) is 7.13. The molecule has 0 saturated carbocycles. The number of H-pyrrole nitrogens is 1. The summed E-state index contributed by atoms with van der Waals surface area (Å²) in [6.07, 6.45) is 5.17. The van der Waals surface area contributed by atoms with Gasteiger partial charge in [-0.1, -0.05) is 41.9 Å². The maximum Gasteiger partial charge on any atom is 0.253 e. The fourth-order valence-electron chi connectivity index (χ4n) is 5.27. The van der Waals surface area contributed by atoms with Gasteiger partial charge in [-0.3, -0.25) is 14.7 Å². The van der Waals surface area contributed by atoms with Gasteiger partial charge in [-0.25, -0.2) is 4.68 Å². The van der Waals surface area contributed by atoms with Gasteiger partial charge in [0.15, 0.2) is 5.82 Å². The number of furan rings is 1. The Morgan fingerprint density at radius 2 is 1.93 bits per heavy atom. The molecule has 10 heteroatoms. The molecule has 6 rings (SSSR count). The predicted octanol–water partition coefficient (Wildman–Crippen LogP) is 5.61. The van der Waals surface area contributed by atoms with E-state index in [2.05, 4.69) is 36.5 Å². The molecule has 9 nitrogen and oxygen atoms in total. The molecule has 0 aliphatic heterocycles. The van der Waals surface area contributed by atoms with E-state index >= 15 is 0 Å². The van der Waals surface area contributed by atoms with Crippen molar-refractivity contribution in [2.75, 3.05) is 0 Å². The second-order valence-electron chi connectivity index (χ2n) is 10.1. The predicted molar refractivity (Wildman–Crippen MR) is 156 cm³/mol. The van der Waals surface area contributed by atoms with Crippen molar-refractivity contribution in [2.24, 2.45) is 0 Å². The number of aromatic amines is 1. The molecule has 6 aromatic rings. The van der Waals surface area contributed by atoms with Crippen molar-refractivity contribution in [3.05, 3.63) is 140 Å². The topological polar surface area (TPSA) is 106 Å². The molecule has 4 aromatic heterocycles. The van der Waals surface area contributed by atoms with Crippen LogP contribution in [-0.2, 0) is 19.6 Å². The number of nitrogens with zero attached hydrogens (tertiary/aromatic N) is 6. The van der Waals surface area contributed by atoms with Crippen LogP contribution in [0.2, 0.25) is 5.02 Å². The number of pyridine rings is 2. The fourth-order valence-corrected chi connectivity index (χ4v) is 5.47. The van der Waals surface area contributed by atoms with Gasteiger partial charge in [0, 0.05) is 47.0 Å². The van der Waals surface area contributed by atoms with E-state index in [9.17, 15) is 4.79 Å². The molecule has 0 radical (unpaired) electrons. The normalized spacial score (nSPS) is 12.3. The lowest BCUT2D eigenvalue weighted by Crippen LogP contribution is -2.35. The van der Waals surface area contributed by atoms with Crippen molar-refractivity contribution in [3.63, 3.8) is 0 Å². The average molecular weight is 566 g/mol. The number of rotatable bonds is 9. The van der Waals surface area contributed by atoms with E-state index in [1.165, 1.54) is 0 Å². The largest absolute Gasteiger partial charge is 0.467 e. The van der Waals surface area contributed by atoms with E-state index in [0.717, 1.165) is 33.2 Å². The van der Waals surface area contributed by atoms with E-state index in [1.807, 2.05) is 80.7 Å². The molecule has 0 bridgehead atoms. The van der Waals surface area contributed by atoms with E-state index < -0.39 is 6.04 Å². The van der Waals surface area contributed by atoms with Crippen molar-refractivity contribution in [1.29, 1.82) is 0 Å². The first-order valence-corrected chi connectivity index (χ1v) is 13.6. The summed E-state index contributed by atoms with van der Waals surface area (Å²) < 4.78 is 7.28. The first-order valence-electron chi connectivity index (χ1n) is 13.3.